The lowest BCUT2D eigenvalue weighted by Gasteiger charge is -2.16. The molecule has 100 valence electrons. The number of hydrogen-bond acceptors (Lipinski definition) is 3. The van der Waals surface area contributed by atoms with Gasteiger partial charge in [0.05, 0.1) is 18.2 Å². The average Bonchev–Trinajstić information content (AvgIpc) is 2.77. The van der Waals surface area contributed by atoms with E-state index in [4.69, 9.17) is 10.00 Å². The average molecular weight is 258 g/mol. The number of rotatable bonds is 5. The zero-order chi connectivity index (χ0) is 13.7. The van der Waals surface area contributed by atoms with Gasteiger partial charge in [-0.2, -0.15) is 5.26 Å². The first-order valence-corrected chi connectivity index (χ1v) is 6.49. The zero-order valence-electron chi connectivity index (χ0n) is 11.1. The minimum absolute atomic E-state index is 0.191. The topological polar surface area (TPSA) is 53.3 Å². The number of hydrogen-bond donors (Lipinski definition) is 0. The molecule has 4 nitrogen and oxygen atoms in total. The maximum Gasteiger partial charge on any atom is 0.223 e. The Morgan fingerprint density at radius 2 is 2.26 bits per heavy atom. The van der Waals surface area contributed by atoms with Crippen LogP contribution in [0.25, 0.3) is 0 Å². The Hall–Kier alpha value is -1.86. The molecule has 1 saturated heterocycles. The van der Waals surface area contributed by atoms with Crippen molar-refractivity contribution < 1.29 is 9.53 Å². The molecule has 19 heavy (non-hydrogen) atoms. The Morgan fingerprint density at radius 3 is 3.00 bits per heavy atom. The van der Waals surface area contributed by atoms with E-state index in [-0.39, 0.29) is 5.91 Å². The van der Waals surface area contributed by atoms with Gasteiger partial charge in [0.1, 0.15) is 0 Å². The van der Waals surface area contributed by atoms with Crippen molar-refractivity contribution in [2.24, 2.45) is 5.92 Å². The highest BCUT2D eigenvalue weighted by Gasteiger charge is 2.29. The molecule has 0 aliphatic carbocycles. The van der Waals surface area contributed by atoms with Crippen molar-refractivity contribution in [3.05, 3.63) is 35.4 Å². The molecule has 1 aromatic rings. The Kier molecular flexibility index (Phi) is 4.53. The van der Waals surface area contributed by atoms with Gasteiger partial charge in [0, 0.05) is 26.6 Å². The van der Waals surface area contributed by atoms with E-state index < -0.39 is 0 Å². The Balaban J connectivity index is 1.98. The van der Waals surface area contributed by atoms with Crippen LogP contribution in [0.3, 0.4) is 0 Å². The van der Waals surface area contributed by atoms with Crippen molar-refractivity contribution in [3.8, 4) is 6.07 Å². The van der Waals surface area contributed by atoms with Crippen molar-refractivity contribution >= 4 is 5.91 Å². The van der Waals surface area contributed by atoms with Crippen LogP contribution in [0.1, 0.15) is 17.5 Å². The van der Waals surface area contributed by atoms with Gasteiger partial charge in [-0.3, -0.25) is 4.79 Å². The monoisotopic (exact) mass is 258 g/mol. The summed E-state index contributed by atoms with van der Waals surface area (Å²) in [5.41, 5.74) is 1.75. The minimum atomic E-state index is 0.191. The summed E-state index contributed by atoms with van der Waals surface area (Å²) >= 11 is 0. The molecule has 0 radical (unpaired) electrons. The number of likely N-dealkylation sites (tertiary alicyclic amines) is 1. The summed E-state index contributed by atoms with van der Waals surface area (Å²) in [5, 5.41) is 9.07. The van der Waals surface area contributed by atoms with Gasteiger partial charge < -0.3 is 9.64 Å². The predicted octanol–water partition coefficient (Wildman–Crippen LogP) is 1.60. The third-order valence-electron chi connectivity index (χ3n) is 3.51. The molecular weight excluding hydrogens is 240 g/mol. The first-order valence-electron chi connectivity index (χ1n) is 6.49. The Labute approximate surface area is 113 Å². The lowest BCUT2D eigenvalue weighted by molar-refractivity contribution is -0.128. The molecule has 0 N–H and O–H groups in total. The number of nitriles is 1. The molecular formula is C15H18N2O2. The molecule has 2 rings (SSSR count). The summed E-state index contributed by atoms with van der Waals surface area (Å²) in [5.74, 6) is 0.496. The molecule has 1 fully saturated rings. The van der Waals surface area contributed by atoms with Crippen LogP contribution in [-0.2, 0) is 16.0 Å². The van der Waals surface area contributed by atoms with Crippen LogP contribution in [0, 0.1) is 17.2 Å². The van der Waals surface area contributed by atoms with Crippen molar-refractivity contribution in [1.29, 1.82) is 5.26 Å². The standard InChI is InChI=1S/C15H18N2O2/c1-19-7-6-17-11-12(9-15(17)18)8-13-4-2-3-5-14(13)10-16/h2-5,12H,6-9,11H2,1H3. The summed E-state index contributed by atoms with van der Waals surface area (Å²) in [6.45, 7) is 2.00. The summed E-state index contributed by atoms with van der Waals surface area (Å²) in [7, 11) is 1.64. The SMILES string of the molecule is COCCN1CC(Cc2ccccc2C#N)CC1=O. The van der Waals surface area contributed by atoms with Crippen LogP contribution in [-0.4, -0.2) is 37.6 Å². The number of amides is 1. The molecule has 0 saturated carbocycles. The molecule has 1 amide bonds. The Morgan fingerprint density at radius 1 is 1.47 bits per heavy atom. The molecule has 0 bridgehead atoms. The van der Waals surface area contributed by atoms with Crippen LogP contribution in [0.2, 0.25) is 0 Å². The first-order chi connectivity index (χ1) is 9.24. The van der Waals surface area contributed by atoms with Crippen molar-refractivity contribution in [1.82, 2.24) is 4.90 Å². The zero-order valence-corrected chi connectivity index (χ0v) is 11.1. The van der Waals surface area contributed by atoms with E-state index in [1.165, 1.54) is 0 Å². The van der Waals surface area contributed by atoms with E-state index in [0.717, 1.165) is 18.5 Å². The van der Waals surface area contributed by atoms with Crippen LogP contribution in [0.15, 0.2) is 24.3 Å². The van der Waals surface area contributed by atoms with Crippen molar-refractivity contribution in [2.45, 2.75) is 12.8 Å². The predicted molar refractivity (Wildman–Crippen MR) is 71.4 cm³/mol. The summed E-state index contributed by atoms with van der Waals surface area (Å²) in [4.78, 5) is 13.7. The van der Waals surface area contributed by atoms with Gasteiger partial charge in [-0.15, -0.1) is 0 Å². The molecule has 1 unspecified atom stereocenters. The highest BCUT2D eigenvalue weighted by molar-refractivity contribution is 5.78. The fraction of sp³-hybridized carbons (Fsp3) is 0.467. The lowest BCUT2D eigenvalue weighted by atomic mass is 9.95. The van der Waals surface area contributed by atoms with Gasteiger partial charge in [0.25, 0.3) is 0 Å². The molecule has 4 heteroatoms. The molecule has 1 aromatic carbocycles. The largest absolute Gasteiger partial charge is 0.383 e. The molecule has 1 aliphatic rings. The molecule has 0 aromatic heterocycles. The van der Waals surface area contributed by atoms with E-state index in [1.54, 1.807) is 7.11 Å². The number of carbonyl (C=O) groups is 1. The normalized spacial score (nSPS) is 18.6. The van der Waals surface area contributed by atoms with E-state index >= 15 is 0 Å². The molecule has 1 aliphatic heterocycles. The second-order valence-corrected chi connectivity index (χ2v) is 4.88. The highest BCUT2D eigenvalue weighted by Crippen LogP contribution is 2.23. The van der Waals surface area contributed by atoms with Crippen LogP contribution >= 0.6 is 0 Å². The first kappa shape index (κ1) is 13.6. The smallest absolute Gasteiger partial charge is 0.223 e. The van der Waals surface area contributed by atoms with Gasteiger partial charge in [0.15, 0.2) is 0 Å². The van der Waals surface area contributed by atoms with E-state index in [1.807, 2.05) is 29.2 Å². The summed E-state index contributed by atoms with van der Waals surface area (Å²) < 4.78 is 5.01. The second-order valence-electron chi connectivity index (χ2n) is 4.88. The third-order valence-corrected chi connectivity index (χ3v) is 3.51. The maximum absolute atomic E-state index is 11.8. The van der Waals surface area contributed by atoms with E-state index in [9.17, 15) is 4.79 Å². The Bertz CT molecular complexity index is 493. The van der Waals surface area contributed by atoms with Crippen LogP contribution in [0.5, 0.6) is 0 Å². The number of methoxy groups -OCH3 is 1. The highest BCUT2D eigenvalue weighted by atomic mass is 16.5. The quantitative estimate of drug-likeness (QED) is 0.806. The van der Waals surface area contributed by atoms with Crippen molar-refractivity contribution in [3.63, 3.8) is 0 Å². The lowest BCUT2D eigenvalue weighted by Crippen LogP contribution is -2.28. The number of ether oxygens (including phenoxy) is 1. The molecule has 1 heterocycles. The van der Waals surface area contributed by atoms with Gasteiger partial charge in [-0.1, -0.05) is 18.2 Å². The minimum Gasteiger partial charge on any atom is -0.383 e. The van der Waals surface area contributed by atoms with Gasteiger partial charge in [-0.05, 0) is 24.0 Å². The summed E-state index contributed by atoms with van der Waals surface area (Å²) in [6, 6.07) is 9.82. The van der Waals surface area contributed by atoms with Gasteiger partial charge in [-0.25, -0.2) is 0 Å². The van der Waals surface area contributed by atoms with E-state index in [0.29, 0.717) is 31.1 Å². The van der Waals surface area contributed by atoms with Crippen LogP contribution in [0.4, 0.5) is 0 Å². The fourth-order valence-electron chi connectivity index (χ4n) is 2.53. The number of benzene rings is 1. The molecule has 1 atom stereocenters. The fourth-order valence-corrected chi connectivity index (χ4v) is 2.53. The van der Waals surface area contributed by atoms with E-state index in [2.05, 4.69) is 6.07 Å². The second kappa shape index (κ2) is 6.35. The third kappa shape index (κ3) is 3.33. The summed E-state index contributed by atoms with van der Waals surface area (Å²) in [6.07, 6.45) is 1.36. The van der Waals surface area contributed by atoms with Crippen LogP contribution < -0.4 is 0 Å². The molecule has 0 spiro atoms. The van der Waals surface area contributed by atoms with Gasteiger partial charge >= 0.3 is 0 Å². The number of carbonyl (C=O) groups excluding carboxylic acids is 1. The number of nitrogens with zero attached hydrogens (tertiary/aromatic N) is 2. The maximum atomic E-state index is 11.8. The van der Waals surface area contributed by atoms with Crippen molar-refractivity contribution in [2.75, 3.05) is 26.8 Å². The van der Waals surface area contributed by atoms with Gasteiger partial charge in [0.2, 0.25) is 5.91 Å².